The number of hydrogen-bond donors (Lipinski definition) is 6. The first-order valence-corrected chi connectivity index (χ1v) is 18.7. The third-order valence-corrected chi connectivity index (χ3v) is 13.5. The minimum atomic E-state index is -2.14. The Morgan fingerprint density at radius 2 is 1.70 bits per heavy atom. The molecule has 254 valence electrons. The number of nitrogens with one attached hydrogen (secondary N) is 3. The molecule has 0 aliphatic rings. The summed E-state index contributed by atoms with van der Waals surface area (Å²) < 4.78 is 17.6. The lowest BCUT2D eigenvalue weighted by atomic mass is 10.0. The van der Waals surface area contributed by atoms with E-state index in [0.29, 0.717) is 29.1 Å². The molecule has 0 radical (unpaired) electrons. The zero-order chi connectivity index (χ0) is 34.5. The number of H-pyrrole nitrogens is 1. The van der Waals surface area contributed by atoms with Crippen molar-refractivity contribution in [3.05, 3.63) is 82.5 Å². The summed E-state index contributed by atoms with van der Waals surface area (Å²) in [6.07, 6.45) is 0.501. The second kappa shape index (κ2) is 14.8. The van der Waals surface area contributed by atoms with Crippen LogP contribution in [-0.4, -0.2) is 61.3 Å². The number of aliphatic hydroxyl groups excluding tert-OH is 1. The number of carbonyl (C=O) groups excluding carboxylic acids is 1. The molecule has 4 aromatic rings. The summed E-state index contributed by atoms with van der Waals surface area (Å²) >= 11 is 0. The van der Waals surface area contributed by atoms with Crippen molar-refractivity contribution in [3.63, 3.8) is 0 Å². The smallest absolute Gasteiger partial charge is 0.268 e. The third-order valence-electron chi connectivity index (χ3n) is 9.06. The molecule has 0 bridgehead atoms. The normalized spacial score (nSPS) is 13.4. The lowest BCUT2D eigenvalue weighted by Crippen LogP contribution is -2.44. The fraction of sp³-hybridized carbons (Fsp3) is 0.417. The Bertz CT molecular complexity index is 1700. The van der Waals surface area contributed by atoms with Gasteiger partial charge in [-0.25, -0.2) is 0 Å². The van der Waals surface area contributed by atoms with Gasteiger partial charge in [-0.1, -0.05) is 32.9 Å². The standard InChI is InChI=1S/C36H49N3O7Si/c1-22(37-20-33(46-47(7,8)36(2,3)4)24-10-12-30(41)26(17-24)21-40)15-23-9-11-28-25(16-23)18-29(39-28)35(43)38-19-27-32(44-5)14-13-31(42)34(27)45-6/h9-14,16-18,22,33,37,39-42H,15,19-21H2,1-8H3,(H,38,43)/t22-,33+/m1/s1. The third kappa shape index (κ3) is 8.47. The van der Waals surface area contributed by atoms with E-state index in [2.05, 4.69) is 68.5 Å². The summed E-state index contributed by atoms with van der Waals surface area (Å²) in [7, 11) is 0.838. The van der Waals surface area contributed by atoms with E-state index in [1.54, 1.807) is 12.1 Å². The second-order valence-electron chi connectivity index (χ2n) is 13.5. The minimum absolute atomic E-state index is 0.0134. The van der Waals surface area contributed by atoms with Crippen LogP contribution in [0.15, 0.2) is 54.6 Å². The minimum Gasteiger partial charge on any atom is -0.508 e. The molecule has 11 heteroatoms. The number of aromatic nitrogens is 1. The average Bonchev–Trinajstić information content (AvgIpc) is 3.45. The van der Waals surface area contributed by atoms with E-state index in [-0.39, 0.29) is 53.5 Å². The molecule has 4 rings (SSSR count). The van der Waals surface area contributed by atoms with Crippen molar-refractivity contribution >= 4 is 25.1 Å². The Balaban J connectivity index is 1.44. The molecule has 0 saturated heterocycles. The van der Waals surface area contributed by atoms with E-state index in [1.165, 1.54) is 20.3 Å². The van der Waals surface area contributed by atoms with Crippen LogP contribution in [0.25, 0.3) is 10.9 Å². The number of amides is 1. The van der Waals surface area contributed by atoms with E-state index in [4.69, 9.17) is 13.9 Å². The largest absolute Gasteiger partial charge is 0.508 e. The number of aromatic hydroxyl groups is 2. The maximum Gasteiger partial charge on any atom is 0.268 e. The number of benzene rings is 3. The maximum atomic E-state index is 13.1. The molecule has 0 aliphatic carbocycles. The van der Waals surface area contributed by atoms with Crippen LogP contribution in [0.5, 0.6) is 23.0 Å². The van der Waals surface area contributed by atoms with E-state index in [9.17, 15) is 20.1 Å². The molecule has 47 heavy (non-hydrogen) atoms. The van der Waals surface area contributed by atoms with Gasteiger partial charge in [0.25, 0.3) is 5.91 Å². The monoisotopic (exact) mass is 663 g/mol. The lowest BCUT2D eigenvalue weighted by Gasteiger charge is -2.40. The Kier molecular flexibility index (Phi) is 11.3. The number of ether oxygens (including phenoxy) is 2. The predicted molar refractivity (Wildman–Crippen MR) is 187 cm³/mol. The van der Waals surface area contributed by atoms with Gasteiger partial charge in [0, 0.05) is 29.1 Å². The molecule has 1 aromatic heterocycles. The van der Waals surface area contributed by atoms with Crippen LogP contribution >= 0.6 is 0 Å². The highest BCUT2D eigenvalue weighted by molar-refractivity contribution is 6.74. The maximum absolute atomic E-state index is 13.1. The van der Waals surface area contributed by atoms with Crippen LogP contribution in [0.3, 0.4) is 0 Å². The number of phenolic OH excluding ortho intramolecular Hbond substituents is 1. The lowest BCUT2D eigenvalue weighted by molar-refractivity contribution is 0.0946. The number of carbonyl (C=O) groups is 1. The first-order valence-electron chi connectivity index (χ1n) is 15.8. The molecule has 0 saturated carbocycles. The second-order valence-corrected chi connectivity index (χ2v) is 18.3. The van der Waals surface area contributed by atoms with E-state index in [0.717, 1.165) is 28.5 Å². The topological polar surface area (TPSA) is 145 Å². The number of hydrogen-bond acceptors (Lipinski definition) is 8. The van der Waals surface area contributed by atoms with Crippen LogP contribution < -0.4 is 20.1 Å². The first-order chi connectivity index (χ1) is 22.2. The van der Waals surface area contributed by atoms with Crippen LogP contribution in [0.4, 0.5) is 0 Å². The van der Waals surface area contributed by atoms with Crippen molar-refractivity contribution in [1.29, 1.82) is 0 Å². The molecular weight excluding hydrogens is 614 g/mol. The van der Waals surface area contributed by atoms with Gasteiger partial charge in [-0.3, -0.25) is 4.79 Å². The molecule has 1 amide bonds. The molecule has 0 unspecified atom stereocenters. The zero-order valence-corrected chi connectivity index (χ0v) is 29.7. The van der Waals surface area contributed by atoms with Crippen LogP contribution in [0.2, 0.25) is 18.1 Å². The fourth-order valence-electron chi connectivity index (χ4n) is 5.31. The zero-order valence-electron chi connectivity index (χ0n) is 28.7. The Morgan fingerprint density at radius 1 is 0.979 bits per heavy atom. The molecular formula is C36H49N3O7Si. The van der Waals surface area contributed by atoms with Crippen molar-refractivity contribution < 1.29 is 34.0 Å². The first kappa shape index (κ1) is 35.8. The summed E-state index contributed by atoms with van der Waals surface area (Å²) in [6, 6.07) is 16.5. The average molecular weight is 664 g/mol. The van der Waals surface area contributed by atoms with Crippen LogP contribution in [0.1, 0.15) is 66.5 Å². The molecule has 0 fully saturated rings. The molecule has 3 aromatic carbocycles. The number of aromatic amines is 1. The van der Waals surface area contributed by atoms with Gasteiger partial charge < -0.3 is 44.8 Å². The molecule has 1 heterocycles. The highest BCUT2D eigenvalue weighted by Gasteiger charge is 2.39. The Hall–Kier alpha value is -4.03. The van der Waals surface area contributed by atoms with Gasteiger partial charge in [-0.2, -0.15) is 0 Å². The van der Waals surface area contributed by atoms with Crippen molar-refractivity contribution in [2.24, 2.45) is 0 Å². The number of phenols is 2. The molecule has 10 nitrogen and oxygen atoms in total. The van der Waals surface area contributed by atoms with Gasteiger partial charge >= 0.3 is 0 Å². The quantitative estimate of drug-likeness (QED) is 0.0863. The summed E-state index contributed by atoms with van der Waals surface area (Å²) in [5.41, 5.74) is 4.32. The van der Waals surface area contributed by atoms with Gasteiger partial charge in [0.2, 0.25) is 0 Å². The van der Waals surface area contributed by atoms with E-state index < -0.39 is 8.32 Å². The highest BCUT2D eigenvalue weighted by Crippen LogP contribution is 2.40. The molecule has 6 N–H and O–H groups in total. The van der Waals surface area contributed by atoms with Crippen molar-refractivity contribution in [2.75, 3.05) is 20.8 Å². The van der Waals surface area contributed by atoms with Gasteiger partial charge in [-0.05, 0) is 85.1 Å². The number of rotatable bonds is 14. The van der Waals surface area contributed by atoms with E-state index >= 15 is 0 Å². The number of methoxy groups -OCH3 is 2. The Morgan fingerprint density at radius 3 is 2.36 bits per heavy atom. The van der Waals surface area contributed by atoms with Crippen molar-refractivity contribution in [2.45, 2.75) is 77.5 Å². The molecule has 0 aliphatic heterocycles. The summed E-state index contributed by atoms with van der Waals surface area (Å²) in [4.78, 5) is 16.3. The van der Waals surface area contributed by atoms with Gasteiger partial charge in [0.15, 0.2) is 19.8 Å². The summed E-state index contributed by atoms with van der Waals surface area (Å²) in [5, 5.41) is 37.5. The Labute approximate surface area is 278 Å². The highest BCUT2D eigenvalue weighted by atomic mass is 28.4. The molecule has 0 spiro atoms. The molecule has 2 atom stereocenters. The van der Waals surface area contributed by atoms with E-state index in [1.807, 2.05) is 24.3 Å². The number of fused-ring (bicyclic) bond motifs is 1. The van der Waals surface area contributed by atoms with Crippen LogP contribution in [-0.2, 0) is 24.0 Å². The predicted octanol–water partition coefficient (Wildman–Crippen LogP) is 6.30. The van der Waals surface area contributed by atoms with Crippen molar-refractivity contribution in [1.82, 2.24) is 15.6 Å². The van der Waals surface area contributed by atoms with Gasteiger partial charge in [-0.15, -0.1) is 0 Å². The summed E-state index contributed by atoms with van der Waals surface area (Å²) in [6.45, 7) is 13.6. The van der Waals surface area contributed by atoms with Crippen LogP contribution in [0, 0.1) is 0 Å². The summed E-state index contributed by atoms with van der Waals surface area (Å²) in [5.74, 6) is 0.497. The van der Waals surface area contributed by atoms with Crippen molar-refractivity contribution in [3.8, 4) is 23.0 Å². The fourth-order valence-corrected chi connectivity index (χ4v) is 6.59. The van der Waals surface area contributed by atoms with Gasteiger partial charge in [0.05, 0.1) is 39.0 Å². The number of aliphatic hydroxyl groups is 1. The van der Waals surface area contributed by atoms with Gasteiger partial charge in [0.1, 0.15) is 17.2 Å². The SMILES string of the molecule is COc1ccc(O)c(OC)c1CNC(=O)c1cc2cc(C[C@@H](C)NC[C@H](O[Si](C)(C)C(C)(C)C)c3ccc(O)c(CO)c3)ccc2[nH]1.